The first-order valence-electron chi connectivity index (χ1n) is 7.97. The van der Waals surface area contributed by atoms with E-state index in [4.69, 9.17) is 5.73 Å². The molecule has 26 heavy (non-hydrogen) atoms. The Bertz CT molecular complexity index is 1040. The van der Waals surface area contributed by atoms with Crippen LogP contribution in [0.2, 0.25) is 0 Å². The summed E-state index contributed by atoms with van der Waals surface area (Å²) in [7, 11) is -4.16. The van der Waals surface area contributed by atoms with E-state index in [1.54, 1.807) is 30.5 Å². The third-order valence-corrected chi connectivity index (χ3v) is 4.71. The zero-order chi connectivity index (χ0) is 18.6. The third-order valence-electron chi connectivity index (χ3n) is 3.84. The molecule has 0 saturated heterocycles. The third kappa shape index (κ3) is 4.38. The van der Waals surface area contributed by atoms with Gasteiger partial charge in [-0.05, 0) is 23.3 Å². The van der Waals surface area contributed by atoms with Gasteiger partial charge >= 0.3 is 16.1 Å². The molecule has 1 atom stereocenters. The van der Waals surface area contributed by atoms with Gasteiger partial charge in [-0.25, -0.2) is 4.79 Å². The Morgan fingerprint density at radius 2 is 1.81 bits per heavy atom. The summed E-state index contributed by atoms with van der Waals surface area (Å²) in [6, 6.07) is 15.3. The van der Waals surface area contributed by atoms with Crippen LogP contribution in [0, 0.1) is 0 Å². The molecule has 3 aromatic rings. The van der Waals surface area contributed by atoms with Crippen molar-refractivity contribution in [3.8, 4) is 0 Å². The molecule has 2 aromatic carbocycles. The minimum absolute atomic E-state index is 0.167. The molecule has 134 valence electrons. The highest BCUT2D eigenvalue weighted by atomic mass is 32.2. The van der Waals surface area contributed by atoms with Gasteiger partial charge in [-0.15, -0.1) is 0 Å². The van der Waals surface area contributed by atoms with Gasteiger partial charge in [-0.3, -0.25) is 0 Å². The van der Waals surface area contributed by atoms with Crippen molar-refractivity contribution in [1.29, 1.82) is 0 Å². The van der Waals surface area contributed by atoms with E-state index in [-0.39, 0.29) is 6.42 Å². The molecule has 3 rings (SSSR count). The molecule has 0 saturated carbocycles. The molecule has 0 spiro atoms. The normalized spacial score (nSPS) is 13.1. The number of nitrogens with one attached hydrogen (secondary N) is 1. The summed E-state index contributed by atoms with van der Waals surface area (Å²) in [5, 5.41) is 1.78. The Morgan fingerprint density at radius 1 is 1.12 bits per heavy atom. The van der Waals surface area contributed by atoms with E-state index in [0.717, 1.165) is 21.9 Å². The smallest absolute Gasteiger partial charge is 0.339 e. The molecule has 0 aliphatic carbocycles. The summed E-state index contributed by atoms with van der Waals surface area (Å²) in [5.74, 6) is -0.993. The second-order valence-corrected chi connectivity index (χ2v) is 7.20. The summed E-state index contributed by atoms with van der Waals surface area (Å²) in [6.45, 7) is 0. The summed E-state index contributed by atoms with van der Waals surface area (Å²) in [5.41, 5.74) is 8.25. The van der Waals surface area contributed by atoms with Crippen LogP contribution < -0.4 is 5.73 Å². The van der Waals surface area contributed by atoms with Gasteiger partial charge in [0, 0.05) is 23.5 Å². The van der Waals surface area contributed by atoms with Crippen LogP contribution in [0.1, 0.15) is 11.1 Å². The number of carbonyl (C=O) groups excluding carboxylic acids is 1. The van der Waals surface area contributed by atoms with E-state index in [9.17, 15) is 13.2 Å². The maximum atomic E-state index is 12.1. The zero-order valence-electron chi connectivity index (χ0n) is 13.8. The van der Waals surface area contributed by atoms with E-state index >= 15 is 0 Å². The van der Waals surface area contributed by atoms with Crippen LogP contribution in [0.3, 0.4) is 0 Å². The SMILES string of the molecule is N[C@@H](Cc1c[nH]c2ccccc12)C(=O)OS(=O)(=O)C=Cc1ccccc1. The minimum Gasteiger partial charge on any atom is -0.361 e. The Kier molecular flexibility index (Phi) is 5.20. The lowest BCUT2D eigenvalue weighted by molar-refractivity contribution is -0.135. The van der Waals surface area contributed by atoms with Crippen molar-refractivity contribution in [3.63, 3.8) is 0 Å². The number of H-pyrrole nitrogens is 1. The molecule has 0 radical (unpaired) electrons. The van der Waals surface area contributed by atoms with Gasteiger partial charge in [0.15, 0.2) is 0 Å². The number of aromatic amines is 1. The van der Waals surface area contributed by atoms with Crippen molar-refractivity contribution in [1.82, 2.24) is 4.98 Å². The van der Waals surface area contributed by atoms with Crippen LogP contribution >= 0.6 is 0 Å². The monoisotopic (exact) mass is 370 g/mol. The Balaban J connectivity index is 1.66. The molecule has 7 heteroatoms. The van der Waals surface area contributed by atoms with Crippen molar-refractivity contribution in [2.75, 3.05) is 0 Å². The fourth-order valence-corrected chi connectivity index (χ4v) is 3.28. The van der Waals surface area contributed by atoms with E-state index in [1.807, 2.05) is 30.3 Å². The molecule has 6 nitrogen and oxygen atoms in total. The van der Waals surface area contributed by atoms with Crippen molar-refractivity contribution < 1.29 is 17.4 Å². The molecule has 0 aliphatic heterocycles. The number of para-hydroxylation sites is 1. The predicted octanol–water partition coefficient (Wildman–Crippen LogP) is 2.58. The standard InChI is InChI=1S/C19H18N2O4S/c20-17(12-15-13-21-18-9-5-4-8-16(15)18)19(22)25-26(23,24)11-10-14-6-2-1-3-7-14/h1-11,13,17,21H,12,20H2/t17-/m0/s1. The number of carbonyl (C=O) groups is 1. The molecule has 0 unspecified atom stereocenters. The number of benzene rings is 2. The number of aromatic nitrogens is 1. The van der Waals surface area contributed by atoms with Crippen molar-refractivity contribution in [2.45, 2.75) is 12.5 Å². The number of hydrogen-bond donors (Lipinski definition) is 2. The molecule has 0 bridgehead atoms. The largest absolute Gasteiger partial charge is 0.361 e. The van der Waals surface area contributed by atoms with Crippen LogP contribution in [0.15, 0.2) is 66.2 Å². The zero-order valence-corrected chi connectivity index (χ0v) is 14.6. The Morgan fingerprint density at radius 3 is 2.58 bits per heavy atom. The Hall–Kier alpha value is -2.90. The minimum atomic E-state index is -4.16. The second-order valence-electron chi connectivity index (χ2n) is 5.78. The van der Waals surface area contributed by atoms with Gasteiger partial charge in [0.1, 0.15) is 6.04 Å². The topological polar surface area (TPSA) is 102 Å². The molecular weight excluding hydrogens is 352 g/mol. The maximum absolute atomic E-state index is 12.1. The highest BCUT2D eigenvalue weighted by Crippen LogP contribution is 2.19. The van der Waals surface area contributed by atoms with Crippen LogP contribution in [0.5, 0.6) is 0 Å². The van der Waals surface area contributed by atoms with Crippen LogP contribution in [-0.4, -0.2) is 25.4 Å². The lowest BCUT2D eigenvalue weighted by atomic mass is 10.1. The highest BCUT2D eigenvalue weighted by molar-refractivity contribution is 7.90. The quantitative estimate of drug-likeness (QED) is 0.649. The van der Waals surface area contributed by atoms with Gasteiger partial charge in [0.05, 0.1) is 5.41 Å². The highest BCUT2D eigenvalue weighted by Gasteiger charge is 2.22. The number of rotatable bonds is 6. The number of fused-ring (bicyclic) bond motifs is 1. The summed E-state index contributed by atoms with van der Waals surface area (Å²) >= 11 is 0. The van der Waals surface area contributed by atoms with E-state index in [2.05, 4.69) is 9.17 Å². The predicted molar refractivity (Wildman–Crippen MR) is 100 cm³/mol. The molecule has 3 N–H and O–H groups in total. The van der Waals surface area contributed by atoms with Gasteiger partial charge in [-0.1, -0.05) is 48.5 Å². The van der Waals surface area contributed by atoms with Gasteiger partial charge in [0.25, 0.3) is 0 Å². The molecule has 0 amide bonds. The first-order valence-corrected chi connectivity index (χ1v) is 9.44. The molecule has 0 fully saturated rings. The number of hydrogen-bond acceptors (Lipinski definition) is 5. The first kappa shape index (κ1) is 17.9. The van der Waals surface area contributed by atoms with Crippen molar-refractivity contribution >= 4 is 33.1 Å². The summed E-state index contributed by atoms with van der Waals surface area (Å²) in [6.07, 6.45) is 3.27. The van der Waals surface area contributed by atoms with Crippen LogP contribution in [-0.2, 0) is 25.5 Å². The maximum Gasteiger partial charge on any atom is 0.339 e. The molecule has 1 aromatic heterocycles. The van der Waals surface area contributed by atoms with Gasteiger partial charge in [0.2, 0.25) is 0 Å². The van der Waals surface area contributed by atoms with Crippen molar-refractivity contribution in [3.05, 3.63) is 77.3 Å². The average molecular weight is 370 g/mol. The summed E-state index contributed by atoms with van der Waals surface area (Å²) < 4.78 is 28.5. The fraction of sp³-hybridized carbons (Fsp3) is 0.105. The fourth-order valence-electron chi connectivity index (χ4n) is 2.55. The van der Waals surface area contributed by atoms with E-state index in [1.165, 1.54) is 6.08 Å². The Labute approximate surface area is 151 Å². The number of nitrogens with two attached hydrogens (primary N) is 1. The van der Waals surface area contributed by atoms with Crippen LogP contribution in [0.25, 0.3) is 17.0 Å². The second kappa shape index (κ2) is 7.55. The van der Waals surface area contributed by atoms with E-state index < -0.39 is 22.1 Å². The van der Waals surface area contributed by atoms with Crippen molar-refractivity contribution in [2.24, 2.45) is 5.73 Å². The molecule has 1 heterocycles. The molecule has 0 aliphatic rings. The lowest BCUT2D eigenvalue weighted by Gasteiger charge is -2.09. The lowest BCUT2D eigenvalue weighted by Crippen LogP contribution is -2.35. The average Bonchev–Trinajstić information content (AvgIpc) is 3.04. The molecular formula is C19H18N2O4S. The summed E-state index contributed by atoms with van der Waals surface area (Å²) in [4.78, 5) is 15.1. The van der Waals surface area contributed by atoms with Crippen LogP contribution in [0.4, 0.5) is 0 Å². The van der Waals surface area contributed by atoms with Gasteiger partial charge < -0.3 is 14.9 Å². The van der Waals surface area contributed by atoms with Gasteiger partial charge in [-0.2, -0.15) is 8.42 Å². The van der Waals surface area contributed by atoms with E-state index in [0.29, 0.717) is 5.56 Å². The first-order chi connectivity index (χ1) is 12.4.